The van der Waals surface area contributed by atoms with Gasteiger partial charge in [0.15, 0.2) is 5.13 Å². The van der Waals surface area contributed by atoms with Gasteiger partial charge in [0.2, 0.25) is 11.9 Å². The highest BCUT2D eigenvalue weighted by atomic mass is 32.1. The van der Waals surface area contributed by atoms with E-state index in [1.54, 1.807) is 6.92 Å². The first kappa shape index (κ1) is 21.3. The van der Waals surface area contributed by atoms with Gasteiger partial charge in [-0.05, 0) is 25.2 Å². The summed E-state index contributed by atoms with van der Waals surface area (Å²) >= 11 is 1.08. The van der Waals surface area contributed by atoms with Crippen molar-refractivity contribution in [1.82, 2.24) is 15.3 Å². The molecular weight excluding hydrogens is 402 g/mol. The molecular formula is C19H22F2N4O3S. The maximum absolute atomic E-state index is 13.6. The monoisotopic (exact) mass is 424 g/mol. The number of hydrogen-bond donors (Lipinski definition) is 1. The van der Waals surface area contributed by atoms with Crippen molar-refractivity contribution in [2.75, 3.05) is 18.6 Å². The summed E-state index contributed by atoms with van der Waals surface area (Å²) in [5.74, 6) is -3.07. The molecule has 0 radical (unpaired) electrons. The molecule has 3 rings (SSSR count). The van der Waals surface area contributed by atoms with E-state index in [0.29, 0.717) is 4.88 Å². The van der Waals surface area contributed by atoms with E-state index in [1.165, 1.54) is 7.11 Å². The van der Waals surface area contributed by atoms with Crippen molar-refractivity contribution >= 4 is 34.0 Å². The van der Waals surface area contributed by atoms with Crippen molar-refractivity contribution in [3.05, 3.63) is 34.6 Å². The van der Waals surface area contributed by atoms with E-state index < -0.39 is 17.8 Å². The first-order valence-electron chi connectivity index (χ1n) is 9.05. The number of aromatic nitrogens is 2. The Labute approximate surface area is 171 Å². The summed E-state index contributed by atoms with van der Waals surface area (Å²) in [6.45, 7) is 5.54. The van der Waals surface area contributed by atoms with E-state index >= 15 is 0 Å². The molecule has 0 bridgehead atoms. The van der Waals surface area contributed by atoms with Gasteiger partial charge in [0, 0.05) is 30.2 Å². The number of nitrogens with one attached hydrogen (secondary N) is 1. The fourth-order valence-electron chi connectivity index (χ4n) is 3.18. The summed E-state index contributed by atoms with van der Waals surface area (Å²) < 4.78 is 32.1. The Morgan fingerprint density at radius 1 is 1.31 bits per heavy atom. The second-order valence-corrected chi connectivity index (χ2v) is 8.77. The summed E-state index contributed by atoms with van der Waals surface area (Å²) in [7, 11) is 1.33. The average Bonchev–Trinajstić information content (AvgIpc) is 2.99. The van der Waals surface area contributed by atoms with Crippen LogP contribution in [0.2, 0.25) is 0 Å². The third-order valence-electron chi connectivity index (χ3n) is 5.04. The van der Waals surface area contributed by atoms with Gasteiger partial charge in [-0.15, -0.1) is 11.3 Å². The van der Waals surface area contributed by atoms with Crippen LogP contribution in [0.3, 0.4) is 0 Å². The van der Waals surface area contributed by atoms with Crippen LogP contribution >= 0.6 is 11.3 Å². The Morgan fingerprint density at radius 2 is 1.97 bits per heavy atom. The maximum atomic E-state index is 13.6. The molecule has 1 fully saturated rings. The number of amides is 2. The zero-order valence-electron chi connectivity index (χ0n) is 16.6. The number of thiazole rings is 1. The van der Waals surface area contributed by atoms with Crippen LogP contribution in [0.15, 0.2) is 12.1 Å². The standard InChI is InChI=1S/C19H22F2N4O3S/c1-10-16(17(27)22-12-5-6-19(12,2)3)24-18(29-10)25(15(26)9-28-4)11-7-13(20)23-14(21)8-11/h7-8,12H,5-6,9H2,1-4H3,(H,22,27). The number of anilines is 2. The largest absolute Gasteiger partial charge is 0.375 e. The van der Waals surface area contributed by atoms with Gasteiger partial charge >= 0.3 is 0 Å². The van der Waals surface area contributed by atoms with E-state index in [9.17, 15) is 18.4 Å². The van der Waals surface area contributed by atoms with Crippen molar-refractivity contribution in [3.8, 4) is 0 Å². The summed E-state index contributed by atoms with van der Waals surface area (Å²) in [5.41, 5.74) is 0.116. The fourth-order valence-corrected chi connectivity index (χ4v) is 4.12. The molecule has 0 aliphatic heterocycles. The molecule has 0 saturated heterocycles. The zero-order valence-corrected chi connectivity index (χ0v) is 17.4. The highest BCUT2D eigenvalue weighted by Gasteiger charge is 2.40. The molecule has 0 aromatic carbocycles. The SMILES string of the molecule is COCC(=O)N(c1cc(F)nc(F)c1)c1nc(C(=O)NC2CCC2(C)C)c(C)s1. The van der Waals surface area contributed by atoms with Gasteiger partial charge in [0.25, 0.3) is 11.8 Å². The van der Waals surface area contributed by atoms with Crippen LogP contribution in [0.4, 0.5) is 19.6 Å². The number of halogens is 2. The molecule has 156 valence electrons. The second kappa shape index (κ2) is 8.11. The number of carbonyl (C=O) groups is 2. The van der Waals surface area contributed by atoms with Crippen molar-refractivity contribution in [2.24, 2.45) is 5.41 Å². The topological polar surface area (TPSA) is 84.4 Å². The highest BCUT2D eigenvalue weighted by molar-refractivity contribution is 7.16. The van der Waals surface area contributed by atoms with Crippen molar-refractivity contribution in [3.63, 3.8) is 0 Å². The molecule has 2 amide bonds. The Morgan fingerprint density at radius 3 is 2.48 bits per heavy atom. The molecule has 0 spiro atoms. The van der Waals surface area contributed by atoms with E-state index in [4.69, 9.17) is 4.74 Å². The Kier molecular flexibility index (Phi) is 5.95. The normalized spacial score (nSPS) is 17.5. The second-order valence-electron chi connectivity index (χ2n) is 7.59. The van der Waals surface area contributed by atoms with Crippen molar-refractivity contribution < 1.29 is 23.1 Å². The lowest BCUT2D eigenvalue weighted by atomic mass is 9.67. The van der Waals surface area contributed by atoms with E-state index in [-0.39, 0.29) is 40.5 Å². The van der Waals surface area contributed by atoms with Crippen LogP contribution < -0.4 is 10.2 Å². The third kappa shape index (κ3) is 4.43. The lowest BCUT2D eigenvalue weighted by Gasteiger charge is -2.44. The number of ether oxygens (including phenoxy) is 1. The molecule has 1 aliphatic rings. The molecule has 7 nitrogen and oxygen atoms in total. The molecule has 1 saturated carbocycles. The van der Waals surface area contributed by atoms with Crippen LogP contribution in [-0.2, 0) is 9.53 Å². The Hall–Kier alpha value is -2.46. The van der Waals surface area contributed by atoms with Gasteiger partial charge in [-0.2, -0.15) is 13.8 Å². The van der Waals surface area contributed by atoms with E-state index in [0.717, 1.165) is 41.2 Å². The van der Waals surface area contributed by atoms with Gasteiger partial charge in [0.1, 0.15) is 12.3 Å². The number of pyridine rings is 1. The van der Waals surface area contributed by atoms with Gasteiger partial charge < -0.3 is 10.1 Å². The first-order chi connectivity index (χ1) is 13.6. The smallest absolute Gasteiger partial charge is 0.271 e. The van der Waals surface area contributed by atoms with Gasteiger partial charge in [-0.3, -0.25) is 14.5 Å². The maximum Gasteiger partial charge on any atom is 0.271 e. The van der Waals surface area contributed by atoms with Crippen LogP contribution in [-0.4, -0.2) is 41.5 Å². The predicted octanol–water partition coefficient (Wildman–Crippen LogP) is 3.35. The molecule has 1 N–H and O–H groups in total. The number of aryl methyl sites for hydroxylation is 1. The van der Waals surface area contributed by atoms with Crippen LogP contribution in [0.1, 0.15) is 42.1 Å². The van der Waals surface area contributed by atoms with Gasteiger partial charge in [-0.25, -0.2) is 4.98 Å². The predicted molar refractivity (Wildman–Crippen MR) is 104 cm³/mol. The highest BCUT2D eigenvalue weighted by Crippen LogP contribution is 2.40. The van der Waals surface area contributed by atoms with Crippen LogP contribution in [0.25, 0.3) is 0 Å². The lowest BCUT2D eigenvalue weighted by molar-refractivity contribution is -0.121. The summed E-state index contributed by atoms with van der Waals surface area (Å²) in [6, 6.07) is 1.89. The summed E-state index contributed by atoms with van der Waals surface area (Å²) in [6.07, 6.45) is 1.92. The van der Waals surface area contributed by atoms with E-state index in [2.05, 4.69) is 29.1 Å². The molecule has 1 aliphatic carbocycles. The number of rotatable bonds is 6. The molecule has 10 heteroatoms. The minimum Gasteiger partial charge on any atom is -0.375 e. The molecule has 2 aromatic heterocycles. The molecule has 29 heavy (non-hydrogen) atoms. The van der Waals surface area contributed by atoms with Crippen LogP contribution in [0, 0.1) is 24.2 Å². The number of nitrogens with zero attached hydrogens (tertiary/aromatic N) is 3. The summed E-state index contributed by atoms with van der Waals surface area (Å²) in [4.78, 5) is 34.2. The van der Waals surface area contributed by atoms with Crippen molar-refractivity contribution in [2.45, 2.75) is 39.7 Å². The lowest BCUT2D eigenvalue weighted by Crippen LogP contribution is -2.52. The zero-order chi connectivity index (χ0) is 21.3. The number of carbonyl (C=O) groups excluding carboxylic acids is 2. The van der Waals surface area contributed by atoms with Gasteiger partial charge in [-0.1, -0.05) is 13.8 Å². The number of methoxy groups -OCH3 is 1. The Bertz CT molecular complexity index is 927. The average molecular weight is 424 g/mol. The third-order valence-corrected chi connectivity index (χ3v) is 6.00. The quantitative estimate of drug-likeness (QED) is 0.719. The van der Waals surface area contributed by atoms with Crippen molar-refractivity contribution in [1.29, 1.82) is 0 Å². The first-order valence-corrected chi connectivity index (χ1v) is 9.87. The fraction of sp³-hybridized carbons (Fsp3) is 0.474. The summed E-state index contributed by atoms with van der Waals surface area (Å²) in [5, 5.41) is 3.09. The molecule has 2 aromatic rings. The van der Waals surface area contributed by atoms with E-state index in [1.807, 2.05) is 0 Å². The minimum atomic E-state index is -1.08. The molecule has 1 atom stereocenters. The minimum absolute atomic E-state index is 0.0228. The molecule has 1 unspecified atom stereocenters. The molecule has 2 heterocycles. The van der Waals surface area contributed by atoms with Gasteiger partial charge in [0.05, 0.1) is 5.69 Å². The Balaban J connectivity index is 1.93. The van der Waals surface area contributed by atoms with Crippen LogP contribution in [0.5, 0.6) is 0 Å². The number of hydrogen-bond acceptors (Lipinski definition) is 6.